The van der Waals surface area contributed by atoms with E-state index < -0.39 is 10.0 Å². The Labute approximate surface area is 116 Å². The standard InChI is InChI=1S/C11H18BrNO2S2/c1-4-5-6-7-13(3)17(14,15)10-8-9(2)11(12)16-10/h8H,4-7H2,1-3H3. The summed E-state index contributed by atoms with van der Waals surface area (Å²) in [5.41, 5.74) is 0.968. The Kier molecular flexibility index (Phi) is 5.63. The van der Waals surface area contributed by atoms with E-state index in [1.807, 2.05) is 6.92 Å². The van der Waals surface area contributed by atoms with Crippen molar-refractivity contribution in [3.05, 3.63) is 15.4 Å². The van der Waals surface area contributed by atoms with Crippen molar-refractivity contribution < 1.29 is 8.42 Å². The van der Waals surface area contributed by atoms with Gasteiger partial charge in [0.05, 0.1) is 3.79 Å². The van der Waals surface area contributed by atoms with Gasteiger partial charge in [0.25, 0.3) is 10.0 Å². The first-order chi connectivity index (χ1) is 7.89. The van der Waals surface area contributed by atoms with Crippen LogP contribution in [-0.4, -0.2) is 26.3 Å². The number of unbranched alkanes of at least 4 members (excludes halogenated alkanes) is 2. The first-order valence-electron chi connectivity index (χ1n) is 5.62. The summed E-state index contributed by atoms with van der Waals surface area (Å²) in [5, 5.41) is 0. The smallest absolute Gasteiger partial charge is 0.206 e. The molecule has 3 nitrogen and oxygen atoms in total. The van der Waals surface area contributed by atoms with Crippen LogP contribution >= 0.6 is 27.3 Å². The van der Waals surface area contributed by atoms with Crippen LogP contribution in [0.4, 0.5) is 0 Å². The lowest BCUT2D eigenvalue weighted by molar-refractivity contribution is 0.455. The quantitative estimate of drug-likeness (QED) is 0.742. The minimum Gasteiger partial charge on any atom is -0.206 e. The Morgan fingerprint density at radius 3 is 2.53 bits per heavy atom. The first-order valence-corrected chi connectivity index (χ1v) is 8.66. The van der Waals surface area contributed by atoms with Crippen LogP contribution in [-0.2, 0) is 10.0 Å². The highest BCUT2D eigenvalue weighted by Crippen LogP contribution is 2.31. The lowest BCUT2D eigenvalue weighted by atomic mass is 10.2. The van der Waals surface area contributed by atoms with Crippen LogP contribution in [0, 0.1) is 6.92 Å². The molecule has 0 saturated heterocycles. The molecule has 1 aromatic rings. The van der Waals surface area contributed by atoms with Crippen LogP contribution in [0.2, 0.25) is 0 Å². The van der Waals surface area contributed by atoms with Gasteiger partial charge in [-0.15, -0.1) is 11.3 Å². The maximum atomic E-state index is 12.2. The molecule has 1 heterocycles. The number of thiophene rings is 1. The second-order valence-electron chi connectivity index (χ2n) is 4.06. The molecule has 0 amide bonds. The van der Waals surface area contributed by atoms with Crippen LogP contribution in [0.15, 0.2) is 14.1 Å². The van der Waals surface area contributed by atoms with Gasteiger partial charge < -0.3 is 0 Å². The van der Waals surface area contributed by atoms with E-state index in [2.05, 4.69) is 22.9 Å². The van der Waals surface area contributed by atoms with Gasteiger partial charge in [-0.1, -0.05) is 19.8 Å². The average Bonchev–Trinajstić information content (AvgIpc) is 2.60. The van der Waals surface area contributed by atoms with E-state index in [9.17, 15) is 8.42 Å². The largest absolute Gasteiger partial charge is 0.252 e. The van der Waals surface area contributed by atoms with Crippen molar-refractivity contribution in [2.45, 2.75) is 37.3 Å². The molecule has 0 aliphatic carbocycles. The lowest BCUT2D eigenvalue weighted by Gasteiger charge is -2.15. The summed E-state index contributed by atoms with van der Waals surface area (Å²) in [5.74, 6) is 0. The van der Waals surface area contributed by atoms with E-state index in [4.69, 9.17) is 0 Å². The molecule has 0 aliphatic rings. The van der Waals surface area contributed by atoms with Gasteiger partial charge in [-0.25, -0.2) is 12.7 Å². The van der Waals surface area contributed by atoms with Crippen molar-refractivity contribution in [3.8, 4) is 0 Å². The van der Waals surface area contributed by atoms with Crippen LogP contribution < -0.4 is 0 Å². The topological polar surface area (TPSA) is 37.4 Å². The summed E-state index contributed by atoms with van der Waals surface area (Å²) in [7, 11) is -1.65. The number of nitrogens with zero attached hydrogens (tertiary/aromatic N) is 1. The second kappa shape index (κ2) is 6.31. The minimum absolute atomic E-state index is 0.417. The molecule has 98 valence electrons. The Morgan fingerprint density at radius 1 is 1.41 bits per heavy atom. The summed E-state index contributed by atoms with van der Waals surface area (Å²) in [6, 6.07) is 1.72. The molecular weight excluding hydrogens is 322 g/mol. The fraction of sp³-hybridized carbons (Fsp3) is 0.636. The molecule has 0 fully saturated rings. The zero-order chi connectivity index (χ0) is 13.1. The highest BCUT2D eigenvalue weighted by Gasteiger charge is 2.23. The third-order valence-corrected chi connectivity index (χ3v) is 7.02. The van der Waals surface area contributed by atoms with Crippen molar-refractivity contribution in [3.63, 3.8) is 0 Å². The molecule has 6 heteroatoms. The van der Waals surface area contributed by atoms with Crippen molar-refractivity contribution >= 4 is 37.3 Å². The summed E-state index contributed by atoms with van der Waals surface area (Å²) in [6.07, 6.45) is 3.07. The molecule has 0 aliphatic heterocycles. The number of hydrogen-bond donors (Lipinski definition) is 0. The molecule has 1 aromatic heterocycles. The third kappa shape index (κ3) is 3.77. The molecule has 0 atom stereocenters. The number of hydrogen-bond acceptors (Lipinski definition) is 3. The Bertz CT molecular complexity index is 448. The van der Waals surface area contributed by atoms with E-state index >= 15 is 0 Å². The van der Waals surface area contributed by atoms with E-state index in [1.54, 1.807) is 13.1 Å². The monoisotopic (exact) mass is 339 g/mol. The van der Waals surface area contributed by atoms with Crippen LogP contribution in [0.3, 0.4) is 0 Å². The highest BCUT2D eigenvalue weighted by atomic mass is 79.9. The van der Waals surface area contributed by atoms with Gasteiger partial charge in [-0.2, -0.15) is 0 Å². The summed E-state index contributed by atoms with van der Waals surface area (Å²) in [4.78, 5) is 0. The second-order valence-corrected chi connectivity index (χ2v) is 8.70. The maximum absolute atomic E-state index is 12.2. The highest BCUT2D eigenvalue weighted by molar-refractivity contribution is 9.11. The molecule has 0 spiro atoms. The van der Waals surface area contributed by atoms with E-state index in [1.165, 1.54) is 15.6 Å². The minimum atomic E-state index is -3.30. The van der Waals surface area contributed by atoms with Gasteiger partial charge in [0, 0.05) is 13.6 Å². The third-order valence-electron chi connectivity index (χ3n) is 2.58. The van der Waals surface area contributed by atoms with Crippen molar-refractivity contribution in [1.29, 1.82) is 0 Å². The zero-order valence-corrected chi connectivity index (χ0v) is 13.6. The molecule has 0 bridgehead atoms. The fourth-order valence-corrected chi connectivity index (χ4v) is 5.06. The normalized spacial score (nSPS) is 12.3. The molecule has 1 rings (SSSR count). The molecule has 0 N–H and O–H groups in total. The molecule has 17 heavy (non-hydrogen) atoms. The maximum Gasteiger partial charge on any atom is 0.252 e. The van der Waals surface area contributed by atoms with Gasteiger partial charge in [0.1, 0.15) is 4.21 Å². The molecule has 0 aromatic carbocycles. The summed E-state index contributed by atoms with van der Waals surface area (Å²) >= 11 is 4.63. The van der Waals surface area contributed by atoms with Crippen molar-refractivity contribution in [2.75, 3.05) is 13.6 Å². The van der Waals surface area contributed by atoms with Gasteiger partial charge in [-0.3, -0.25) is 0 Å². The van der Waals surface area contributed by atoms with E-state index in [-0.39, 0.29) is 0 Å². The van der Waals surface area contributed by atoms with Gasteiger partial charge in [0.2, 0.25) is 0 Å². The van der Waals surface area contributed by atoms with Gasteiger partial charge in [-0.05, 0) is 40.9 Å². The molecular formula is C11H18BrNO2S2. The van der Waals surface area contributed by atoms with Crippen LogP contribution in [0.1, 0.15) is 31.7 Å². The predicted molar refractivity (Wildman–Crippen MR) is 76.1 cm³/mol. The Morgan fingerprint density at radius 2 is 2.06 bits per heavy atom. The predicted octanol–water partition coefficient (Wildman–Crippen LogP) is 3.63. The zero-order valence-electron chi connectivity index (χ0n) is 10.4. The summed E-state index contributed by atoms with van der Waals surface area (Å²) in [6.45, 7) is 4.59. The van der Waals surface area contributed by atoms with E-state index in [0.29, 0.717) is 10.8 Å². The first kappa shape index (κ1) is 15.1. The number of halogens is 1. The number of sulfonamides is 1. The van der Waals surface area contributed by atoms with E-state index in [0.717, 1.165) is 28.6 Å². The lowest BCUT2D eigenvalue weighted by Crippen LogP contribution is -2.27. The molecule has 0 saturated carbocycles. The SMILES string of the molecule is CCCCCN(C)S(=O)(=O)c1cc(C)c(Br)s1. The molecule has 0 unspecified atom stereocenters. The van der Waals surface area contributed by atoms with Gasteiger partial charge >= 0.3 is 0 Å². The molecule has 0 radical (unpaired) electrons. The van der Waals surface area contributed by atoms with Crippen molar-refractivity contribution in [1.82, 2.24) is 4.31 Å². The summed E-state index contributed by atoms with van der Waals surface area (Å²) < 4.78 is 27.2. The average molecular weight is 340 g/mol. The van der Waals surface area contributed by atoms with Crippen LogP contribution in [0.5, 0.6) is 0 Å². The van der Waals surface area contributed by atoms with Gasteiger partial charge in [0.15, 0.2) is 0 Å². The number of aryl methyl sites for hydroxylation is 1. The Hall–Kier alpha value is 0.0900. The fourth-order valence-electron chi connectivity index (χ4n) is 1.42. The number of rotatable bonds is 6. The van der Waals surface area contributed by atoms with Crippen molar-refractivity contribution in [2.24, 2.45) is 0 Å². The van der Waals surface area contributed by atoms with Crippen LogP contribution in [0.25, 0.3) is 0 Å². The Balaban J connectivity index is 2.80.